The molecule has 6 heteroatoms. The van der Waals surface area contributed by atoms with E-state index in [2.05, 4.69) is 4.98 Å². The van der Waals surface area contributed by atoms with Gasteiger partial charge in [-0.1, -0.05) is 23.7 Å². The number of halogens is 1. The number of rotatable bonds is 2. The van der Waals surface area contributed by atoms with Gasteiger partial charge in [0.25, 0.3) is 5.91 Å². The first kappa shape index (κ1) is 15.5. The molecular formula is C16H17ClN2O2S. The summed E-state index contributed by atoms with van der Waals surface area (Å²) in [5.41, 5.74) is 1.16. The van der Waals surface area contributed by atoms with E-state index in [0.29, 0.717) is 30.4 Å². The summed E-state index contributed by atoms with van der Waals surface area (Å²) in [4.78, 5) is 18.9. The van der Waals surface area contributed by atoms with Crippen LogP contribution < -0.4 is 0 Å². The van der Waals surface area contributed by atoms with Crippen LogP contribution in [0.1, 0.15) is 24.3 Å². The first-order chi connectivity index (χ1) is 10.4. The summed E-state index contributed by atoms with van der Waals surface area (Å²) in [5, 5.41) is 3.33. The second-order valence-corrected chi connectivity index (χ2v) is 7.17. The average Bonchev–Trinajstić information content (AvgIpc) is 2.96. The first-order valence-corrected chi connectivity index (χ1v) is 8.35. The number of nitrogens with zero attached hydrogens (tertiary/aromatic N) is 2. The Morgan fingerprint density at radius 3 is 2.77 bits per heavy atom. The van der Waals surface area contributed by atoms with Crippen LogP contribution in [-0.2, 0) is 4.74 Å². The molecule has 1 aromatic carbocycles. The van der Waals surface area contributed by atoms with Crippen LogP contribution in [0.5, 0.6) is 0 Å². The Balaban J connectivity index is 1.78. The molecule has 2 heterocycles. The third kappa shape index (κ3) is 3.32. The molecule has 4 nitrogen and oxygen atoms in total. The van der Waals surface area contributed by atoms with E-state index in [4.69, 9.17) is 16.3 Å². The van der Waals surface area contributed by atoms with E-state index in [1.165, 1.54) is 11.3 Å². The summed E-state index contributed by atoms with van der Waals surface area (Å²) >= 11 is 7.36. The van der Waals surface area contributed by atoms with Gasteiger partial charge in [-0.25, -0.2) is 4.98 Å². The van der Waals surface area contributed by atoms with Crippen molar-refractivity contribution in [2.45, 2.75) is 19.4 Å². The maximum atomic E-state index is 12.6. The normalized spacial score (nSPS) is 17.5. The van der Waals surface area contributed by atoms with Crippen LogP contribution >= 0.6 is 22.9 Å². The minimum atomic E-state index is -0.303. The van der Waals surface area contributed by atoms with Crippen molar-refractivity contribution in [3.63, 3.8) is 0 Å². The maximum absolute atomic E-state index is 12.6. The quantitative estimate of drug-likeness (QED) is 0.839. The van der Waals surface area contributed by atoms with Crippen LogP contribution in [0.4, 0.5) is 0 Å². The number of hydrogen-bond donors (Lipinski definition) is 0. The lowest BCUT2D eigenvalue weighted by Gasteiger charge is -2.37. The molecule has 1 aliphatic rings. The predicted octanol–water partition coefficient (Wildman–Crippen LogP) is 3.71. The Labute approximate surface area is 138 Å². The fourth-order valence-corrected chi connectivity index (χ4v) is 3.37. The zero-order valence-electron chi connectivity index (χ0n) is 12.5. The Kier molecular flexibility index (Phi) is 4.21. The molecule has 0 saturated carbocycles. The van der Waals surface area contributed by atoms with Crippen LogP contribution in [0.25, 0.3) is 10.6 Å². The van der Waals surface area contributed by atoms with Gasteiger partial charge in [-0.15, -0.1) is 11.3 Å². The smallest absolute Gasteiger partial charge is 0.273 e. The minimum Gasteiger partial charge on any atom is -0.372 e. The molecule has 1 fully saturated rings. The molecule has 1 saturated heterocycles. The van der Waals surface area contributed by atoms with Crippen LogP contribution in [0, 0.1) is 0 Å². The molecule has 22 heavy (non-hydrogen) atoms. The van der Waals surface area contributed by atoms with Gasteiger partial charge < -0.3 is 9.64 Å². The van der Waals surface area contributed by atoms with Crippen molar-refractivity contribution in [3.8, 4) is 10.6 Å². The van der Waals surface area contributed by atoms with E-state index in [9.17, 15) is 4.79 Å². The summed E-state index contributed by atoms with van der Waals surface area (Å²) in [6.45, 7) is 5.74. The zero-order chi connectivity index (χ0) is 15.7. The highest BCUT2D eigenvalue weighted by atomic mass is 35.5. The summed E-state index contributed by atoms with van der Waals surface area (Å²) < 4.78 is 5.64. The molecule has 2 aromatic rings. The average molecular weight is 337 g/mol. The number of hydrogen-bond acceptors (Lipinski definition) is 4. The van der Waals surface area contributed by atoms with Gasteiger partial charge >= 0.3 is 0 Å². The molecule has 0 N–H and O–H groups in total. The molecule has 0 radical (unpaired) electrons. The van der Waals surface area contributed by atoms with Gasteiger partial charge in [-0.2, -0.15) is 0 Å². The van der Waals surface area contributed by atoms with E-state index in [-0.39, 0.29) is 11.5 Å². The summed E-state index contributed by atoms with van der Waals surface area (Å²) in [6.07, 6.45) is 0. The minimum absolute atomic E-state index is 0.0344. The number of carbonyl (C=O) groups excluding carboxylic acids is 1. The molecule has 0 spiro atoms. The highest BCUT2D eigenvalue weighted by Gasteiger charge is 2.31. The van der Waals surface area contributed by atoms with E-state index in [1.54, 1.807) is 0 Å². The SMILES string of the molecule is CC1(C)CN(C(=O)c2csc(-c3ccc(Cl)cc3)n2)CCO1. The molecule has 1 amide bonds. The molecule has 1 aliphatic heterocycles. The molecule has 3 rings (SSSR count). The van der Waals surface area contributed by atoms with Crippen LogP contribution in [0.15, 0.2) is 29.6 Å². The Morgan fingerprint density at radius 2 is 2.09 bits per heavy atom. The first-order valence-electron chi connectivity index (χ1n) is 7.09. The van der Waals surface area contributed by atoms with Crippen LogP contribution in [0.2, 0.25) is 5.02 Å². The molecular weight excluding hydrogens is 320 g/mol. The van der Waals surface area contributed by atoms with E-state index >= 15 is 0 Å². The number of ether oxygens (including phenoxy) is 1. The van der Waals surface area contributed by atoms with Crippen molar-refractivity contribution < 1.29 is 9.53 Å². The largest absolute Gasteiger partial charge is 0.372 e. The number of carbonyl (C=O) groups is 1. The Bertz CT molecular complexity index is 682. The third-order valence-corrected chi connectivity index (χ3v) is 4.67. The lowest BCUT2D eigenvalue weighted by molar-refractivity contribution is -0.0764. The Morgan fingerprint density at radius 1 is 1.36 bits per heavy atom. The van der Waals surface area contributed by atoms with Gasteiger partial charge in [-0.3, -0.25) is 4.79 Å². The summed E-state index contributed by atoms with van der Waals surface area (Å²) in [6, 6.07) is 7.47. The van der Waals surface area contributed by atoms with Crippen molar-refractivity contribution in [1.29, 1.82) is 0 Å². The molecule has 0 aliphatic carbocycles. The van der Waals surface area contributed by atoms with Gasteiger partial charge in [0.15, 0.2) is 0 Å². The maximum Gasteiger partial charge on any atom is 0.273 e. The van der Waals surface area contributed by atoms with Crippen LogP contribution in [-0.4, -0.2) is 41.1 Å². The number of amides is 1. The number of aromatic nitrogens is 1. The van der Waals surface area contributed by atoms with Crippen molar-refractivity contribution >= 4 is 28.8 Å². The molecule has 0 unspecified atom stereocenters. The van der Waals surface area contributed by atoms with Gasteiger partial charge in [0, 0.05) is 29.1 Å². The lowest BCUT2D eigenvalue weighted by atomic mass is 10.1. The van der Waals surface area contributed by atoms with Gasteiger partial charge in [0.2, 0.25) is 0 Å². The van der Waals surface area contributed by atoms with Crippen molar-refractivity contribution in [1.82, 2.24) is 9.88 Å². The van der Waals surface area contributed by atoms with Crippen molar-refractivity contribution in [2.75, 3.05) is 19.7 Å². The predicted molar refractivity (Wildman–Crippen MR) is 88.5 cm³/mol. The molecule has 1 aromatic heterocycles. The highest BCUT2D eigenvalue weighted by Crippen LogP contribution is 2.26. The fraction of sp³-hybridized carbons (Fsp3) is 0.375. The molecule has 0 atom stereocenters. The number of morpholine rings is 1. The van der Waals surface area contributed by atoms with Gasteiger partial charge in [0.05, 0.1) is 12.2 Å². The zero-order valence-corrected chi connectivity index (χ0v) is 14.1. The second kappa shape index (κ2) is 5.99. The summed E-state index contributed by atoms with van der Waals surface area (Å²) in [5.74, 6) is -0.0344. The van der Waals surface area contributed by atoms with E-state index in [1.807, 2.05) is 48.4 Å². The van der Waals surface area contributed by atoms with E-state index < -0.39 is 0 Å². The standard InChI is InChI=1S/C16H17ClN2O2S/c1-16(2)10-19(7-8-21-16)15(20)13-9-22-14(18-13)11-3-5-12(17)6-4-11/h3-6,9H,7-8,10H2,1-2H3. The van der Waals surface area contributed by atoms with Gasteiger partial charge in [0.1, 0.15) is 10.7 Å². The topological polar surface area (TPSA) is 42.4 Å². The highest BCUT2D eigenvalue weighted by molar-refractivity contribution is 7.13. The number of benzene rings is 1. The second-order valence-electron chi connectivity index (χ2n) is 5.88. The lowest BCUT2D eigenvalue weighted by Crippen LogP contribution is -2.50. The molecule has 0 bridgehead atoms. The summed E-state index contributed by atoms with van der Waals surface area (Å²) in [7, 11) is 0. The number of thiazole rings is 1. The monoisotopic (exact) mass is 336 g/mol. The Hall–Kier alpha value is -1.43. The molecule has 116 valence electrons. The van der Waals surface area contributed by atoms with Crippen LogP contribution in [0.3, 0.4) is 0 Å². The van der Waals surface area contributed by atoms with Crippen molar-refractivity contribution in [2.24, 2.45) is 0 Å². The van der Waals surface area contributed by atoms with E-state index in [0.717, 1.165) is 10.6 Å². The fourth-order valence-electron chi connectivity index (χ4n) is 2.45. The van der Waals surface area contributed by atoms with Gasteiger partial charge in [-0.05, 0) is 26.0 Å². The third-order valence-electron chi connectivity index (χ3n) is 3.53. The van der Waals surface area contributed by atoms with Crippen molar-refractivity contribution in [3.05, 3.63) is 40.4 Å².